The molecule has 0 spiro atoms. The number of allylic oxidation sites excluding steroid dienone is 1. The molecule has 0 bridgehead atoms. The lowest BCUT2D eigenvalue weighted by molar-refractivity contribution is 0.219. The summed E-state index contributed by atoms with van der Waals surface area (Å²) in [6.07, 6.45) is 2.04. The van der Waals surface area contributed by atoms with Crippen molar-refractivity contribution in [2.45, 2.75) is 19.4 Å². The Kier molecular flexibility index (Phi) is 5.24. The van der Waals surface area contributed by atoms with E-state index in [2.05, 4.69) is 27.8 Å². The van der Waals surface area contributed by atoms with Gasteiger partial charge < -0.3 is 10.4 Å². The second kappa shape index (κ2) is 5.38. The van der Waals surface area contributed by atoms with E-state index in [4.69, 9.17) is 0 Å². The average Bonchev–Trinajstić information content (AvgIpc) is 2.02. The molecule has 0 amide bonds. The molecule has 2 nitrogen and oxygen atoms in total. The fraction of sp³-hybridized carbons (Fsp3) is 0.500. The summed E-state index contributed by atoms with van der Waals surface area (Å²) in [5, 5.41) is 12.1. The van der Waals surface area contributed by atoms with Crippen molar-refractivity contribution in [3.8, 4) is 0 Å². The number of nitrogens with one attached hydrogen (secondary N) is 1. The molecule has 0 heterocycles. The Bertz CT molecular complexity index is 165. The highest BCUT2D eigenvalue weighted by molar-refractivity contribution is 9.12. The Morgan fingerprint density at radius 3 is 2.73 bits per heavy atom. The number of aliphatic hydroxyl groups is 1. The third-order valence-electron chi connectivity index (χ3n) is 1.35. The molecule has 0 fully saturated rings. The van der Waals surface area contributed by atoms with Crippen LogP contribution in [-0.2, 0) is 0 Å². The first-order valence-corrected chi connectivity index (χ1v) is 4.33. The van der Waals surface area contributed by atoms with Crippen LogP contribution in [0.15, 0.2) is 22.8 Å². The van der Waals surface area contributed by atoms with Gasteiger partial charge in [-0.1, -0.05) is 13.5 Å². The Hall–Kier alpha value is -0.280. The van der Waals surface area contributed by atoms with E-state index in [1.54, 1.807) is 13.1 Å². The van der Waals surface area contributed by atoms with E-state index in [1.807, 2.05) is 6.92 Å². The normalized spacial score (nSPS) is 14.4. The molecule has 64 valence electrons. The molecule has 0 aliphatic heterocycles. The zero-order valence-electron chi connectivity index (χ0n) is 6.89. The maximum atomic E-state index is 9.20. The molecule has 0 aliphatic rings. The first kappa shape index (κ1) is 10.7. The number of rotatable bonds is 4. The maximum Gasteiger partial charge on any atom is 0.0732 e. The molecule has 2 N–H and O–H groups in total. The molecule has 0 saturated carbocycles. The summed E-state index contributed by atoms with van der Waals surface area (Å²) < 4.78 is 0.814. The summed E-state index contributed by atoms with van der Waals surface area (Å²) in [5.74, 6) is 0. The van der Waals surface area contributed by atoms with Crippen molar-refractivity contribution in [1.82, 2.24) is 5.32 Å². The topological polar surface area (TPSA) is 32.3 Å². The first-order chi connectivity index (χ1) is 5.11. The van der Waals surface area contributed by atoms with Crippen molar-refractivity contribution in [3.63, 3.8) is 0 Å². The number of halogens is 1. The van der Waals surface area contributed by atoms with Gasteiger partial charge in [0, 0.05) is 17.2 Å². The smallest absolute Gasteiger partial charge is 0.0732 e. The van der Waals surface area contributed by atoms with Crippen LogP contribution in [0.2, 0.25) is 0 Å². The predicted octanol–water partition coefficient (Wildman–Crippen LogP) is 1.77. The lowest BCUT2D eigenvalue weighted by atomic mass is 10.2. The van der Waals surface area contributed by atoms with E-state index in [1.165, 1.54) is 0 Å². The van der Waals surface area contributed by atoms with E-state index in [-0.39, 0.29) is 0 Å². The highest BCUT2D eigenvalue weighted by Crippen LogP contribution is 2.13. The Morgan fingerprint density at radius 1 is 1.82 bits per heavy atom. The van der Waals surface area contributed by atoms with Crippen LogP contribution < -0.4 is 5.32 Å². The van der Waals surface area contributed by atoms with Crippen LogP contribution in [0.25, 0.3) is 0 Å². The molecule has 0 rings (SSSR count). The molecule has 0 aromatic heterocycles. The van der Waals surface area contributed by atoms with Crippen LogP contribution >= 0.6 is 15.9 Å². The van der Waals surface area contributed by atoms with Gasteiger partial charge in [0.15, 0.2) is 0 Å². The van der Waals surface area contributed by atoms with Crippen LogP contribution in [-0.4, -0.2) is 18.3 Å². The third-order valence-corrected chi connectivity index (χ3v) is 2.09. The third kappa shape index (κ3) is 4.22. The van der Waals surface area contributed by atoms with Gasteiger partial charge in [0.25, 0.3) is 0 Å². The molecule has 0 radical (unpaired) electrons. The summed E-state index contributed by atoms with van der Waals surface area (Å²) in [6.45, 7) is 5.64. The molecule has 1 unspecified atom stereocenters. The largest absolute Gasteiger partial charge is 0.389 e. The van der Waals surface area contributed by atoms with Crippen LogP contribution in [0, 0.1) is 0 Å². The van der Waals surface area contributed by atoms with Crippen molar-refractivity contribution < 1.29 is 5.11 Å². The zero-order chi connectivity index (χ0) is 8.85. The molecule has 0 aromatic carbocycles. The number of aliphatic hydroxyl groups excluding tert-OH is 1. The van der Waals surface area contributed by atoms with E-state index in [9.17, 15) is 5.11 Å². The summed E-state index contributed by atoms with van der Waals surface area (Å²) in [5.41, 5.74) is 0.775. The number of likely N-dealkylation sites (N-methyl/N-ethyl adjacent to an activating group) is 1. The van der Waals surface area contributed by atoms with Crippen molar-refractivity contribution in [2.75, 3.05) is 7.05 Å². The molecule has 11 heavy (non-hydrogen) atoms. The van der Waals surface area contributed by atoms with Gasteiger partial charge >= 0.3 is 0 Å². The molecule has 3 heteroatoms. The highest BCUT2D eigenvalue weighted by atomic mass is 79.9. The molecule has 0 aromatic rings. The van der Waals surface area contributed by atoms with Gasteiger partial charge in [-0.15, -0.1) is 0 Å². The van der Waals surface area contributed by atoms with Gasteiger partial charge in [-0.25, -0.2) is 0 Å². The minimum Gasteiger partial charge on any atom is -0.389 e. The number of hydrogen-bond acceptors (Lipinski definition) is 2. The number of hydrogen-bond donors (Lipinski definition) is 2. The first-order valence-electron chi connectivity index (χ1n) is 3.54. The van der Waals surface area contributed by atoms with Crippen LogP contribution in [0.1, 0.15) is 13.3 Å². The Balaban J connectivity index is 4.09. The maximum absolute atomic E-state index is 9.20. The lowest BCUT2D eigenvalue weighted by Crippen LogP contribution is -2.07. The summed E-state index contributed by atoms with van der Waals surface area (Å²) >= 11 is 3.28. The Morgan fingerprint density at radius 2 is 2.36 bits per heavy atom. The van der Waals surface area contributed by atoms with Gasteiger partial charge in [0.2, 0.25) is 0 Å². The molecular formula is C8H14BrNO. The fourth-order valence-electron chi connectivity index (χ4n) is 0.507. The van der Waals surface area contributed by atoms with Crippen molar-refractivity contribution in [3.05, 3.63) is 22.8 Å². The fourth-order valence-corrected chi connectivity index (χ4v) is 1.01. The lowest BCUT2D eigenvalue weighted by Gasteiger charge is -2.05. The summed E-state index contributed by atoms with van der Waals surface area (Å²) in [6, 6.07) is 0. The predicted molar refractivity (Wildman–Crippen MR) is 51.5 cm³/mol. The van der Waals surface area contributed by atoms with Crippen molar-refractivity contribution in [2.24, 2.45) is 0 Å². The molecular weight excluding hydrogens is 206 g/mol. The quantitative estimate of drug-likeness (QED) is 0.707. The SMILES string of the molecule is C=C(NC)/C(Br)=C\C(O)CC. The zero-order valence-corrected chi connectivity index (χ0v) is 8.48. The van der Waals surface area contributed by atoms with Gasteiger partial charge in [-0.3, -0.25) is 0 Å². The highest BCUT2D eigenvalue weighted by Gasteiger charge is 1.99. The second-order valence-corrected chi connectivity index (χ2v) is 3.07. The van der Waals surface area contributed by atoms with E-state index in [0.29, 0.717) is 6.42 Å². The van der Waals surface area contributed by atoms with E-state index < -0.39 is 6.10 Å². The monoisotopic (exact) mass is 219 g/mol. The minimum atomic E-state index is -0.394. The standard InChI is InChI=1S/C8H14BrNO/c1-4-7(11)5-8(9)6(2)10-3/h5,7,10-11H,2,4H2,1,3H3/b8-5+. The van der Waals surface area contributed by atoms with Crippen LogP contribution in [0.3, 0.4) is 0 Å². The van der Waals surface area contributed by atoms with Gasteiger partial charge in [-0.2, -0.15) is 0 Å². The second-order valence-electron chi connectivity index (χ2n) is 2.22. The van der Waals surface area contributed by atoms with Crippen molar-refractivity contribution >= 4 is 15.9 Å². The van der Waals surface area contributed by atoms with Gasteiger partial charge in [0.05, 0.1) is 6.10 Å². The molecule has 1 atom stereocenters. The minimum absolute atomic E-state index is 0.394. The molecule has 0 aliphatic carbocycles. The Labute approximate surface area is 76.1 Å². The van der Waals surface area contributed by atoms with Crippen molar-refractivity contribution in [1.29, 1.82) is 0 Å². The molecule has 0 saturated heterocycles. The van der Waals surface area contributed by atoms with Gasteiger partial charge in [-0.05, 0) is 28.4 Å². The van der Waals surface area contributed by atoms with Crippen LogP contribution in [0.5, 0.6) is 0 Å². The van der Waals surface area contributed by atoms with Gasteiger partial charge in [0.1, 0.15) is 0 Å². The van der Waals surface area contributed by atoms with Crippen LogP contribution in [0.4, 0.5) is 0 Å². The summed E-state index contributed by atoms with van der Waals surface area (Å²) in [4.78, 5) is 0. The van der Waals surface area contributed by atoms with E-state index in [0.717, 1.165) is 10.2 Å². The van der Waals surface area contributed by atoms with E-state index >= 15 is 0 Å². The summed E-state index contributed by atoms with van der Waals surface area (Å²) in [7, 11) is 1.79. The average molecular weight is 220 g/mol.